The fourth-order valence-electron chi connectivity index (χ4n) is 2.60. The van der Waals surface area contributed by atoms with Crippen LogP contribution >= 0.6 is 11.3 Å². The number of nitrogens with zero attached hydrogens (tertiary/aromatic N) is 1. The molecule has 0 aliphatic heterocycles. The van der Waals surface area contributed by atoms with E-state index < -0.39 is 0 Å². The quantitative estimate of drug-likeness (QED) is 0.831. The molecule has 2 aromatic rings. The normalized spacial score (nSPS) is 13.3. The molecule has 1 N–H and O–H groups in total. The third kappa shape index (κ3) is 5.25. The Hall–Kier alpha value is -1.19. The first-order chi connectivity index (χ1) is 9.98. The minimum absolute atomic E-state index is 0.340. The van der Waals surface area contributed by atoms with Crippen molar-refractivity contribution in [3.63, 3.8) is 0 Å². The minimum Gasteiger partial charge on any atom is -0.314 e. The van der Waals surface area contributed by atoms with Gasteiger partial charge in [-0.2, -0.15) is 0 Å². The van der Waals surface area contributed by atoms with E-state index in [0.29, 0.717) is 11.5 Å². The van der Waals surface area contributed by atoms with E-state index in [0.717, 1.165) is 18.7 Å². The number of hydrogen-bond donors (Lipinski definition) is 1. The van der Waals surface area contributed by atoms with Gasteiger partial charge in [-0.15, -0.1) is 11.3 Å². The van der Waals surface area contributed by atoms with Gasteiger partial charge in [-0.05, 0) is 18.4 Å². The predicted octanol–water partition coefficient (Wildman–Crippen LogP) is 4.77. The summed E-state index contributed by atoms with van der Waals surface area (Å²) in [5.74, 6) is 0. The van der Waals surface area contributed by atoms with Crippen LogP contribution in [-0.4, -0.2) is 17.6 Å². The molecule has 2 nitrogen and oxygen atoms in total. The summed E-state index contributed by atoms with van der Waals surface area (Å²) in [5.41, 5.74) is 2.64. The van der Waals surface area contributed by atoms with Crippen LogP contribution in [0, 0.1) is 5.41 Å². The number of benzene rings is 1. The van der Waals surface area contributed by atoms with Crippen LogP contribution in [0.2, 0.25) is 0 Å². The van der Waals surface area contributed by atoms with Gasteiger partial charge in [0.25, 0.3) is 0 Å². The van der Waals surface area contributed by atoms with Crippen LogP contribution < -0.4 is 5.32 Å². The van der Waals surface area contributed by atoms with Crippen LogP contribution in [0.15, 0.2) is 35.7 Å². The Labute approximate surface area is 132 Å². The third-order valence-corrected chi connectivity index (χ3v) is 4.27. The predicted molar refractivity (Wildman–Crippen MR) is 92.8 cm³/mol. The maximum absolute atomic E-state index is 4.81. The van der Waals surface area contributed by atoms with Crippen molar-refractivity contribution in [2.45, 2.75) is 46.6 Å². The lowest BCUT2D eigenvalue weighted by atomic mass is 9.87. The SMILES string of the molecule is CCNC(Cc1nc(-c2ccccc2)cs1)CC(C)(C)C. The molecule has 1 unspecified atom stereocenters. The fraction of sp³-hybridized carbons (Fsp3) is 0.500. The highest BCUT2D eigenvalue weighted by Crippen LogP contribution is 2.26. The zero-order valence-electron chi connectivity index (χ0n) is 13.5. The van der Waals surface area contributed by atoms with Crippen molar-refractivity contribution in [2.24, 2.45) is 5.41 Å². The molecule has 0 bridgehead atoms. The lowest BCUT2D eigenvalue weighted by Gasteiger charge is -2.26. The van der Waals surface area contributed by atoms with Crippen molar-refractivity contribution >= 4 is 11.3 Å². The average molecular weight is 302 g/mol. The molecule has 1 heterocycles. The van der Waals surface area contributed by atoms with Gasteiger partial charge < -0.3 is 5.32 Å². The molecule has 0 amide bonds. The highest BCUT2D eigenvalue weighted by atomic mass is 32.1. The molecular formula is C18H26N2S. The van der Waals surface area contributed by atoms with E-state index in [-0.39, 0.29) is 0 Å². The largest absolute Gasteiger partial charge is 0.314 e. The van der Waals surface area contributed by atoms with Crippen molar-refractivity contribution in [3.8, 4) is 11.3 Å². The molecule has 21 heavy (non-hydrogen) atoms. The first-order valence-corrected chi connectivity index (χ1v) is 8.59. The third-order valence-electron chi connectivity index (χ3n) is 3.39. The standard InChI is InChI=1S/C18H26N2S/c1-5-19-15(12-18(2,3)4)11-17-20-16(13-21-17)14-9-7-6-8-10-14/h6-10,13,15,19H,5,11-12H2,1-4H3. The van der Waals surface area contributed by atoms with Crippen molar-refractivity contribution in [1.82, 2.24) is 10.3 Å². The van der Waals surface area contributed by atoms with Crippen molar-refractivity contribution in [2.75, 3.05) is 6.54 Å². The van der Waals surface area contributed by atoms with Gasteiger partial charge in [0, 0.05) is 23.4 Å². The van der Waals surface area contributed by atoms with E-state index in [4.69, 9.17) is 4.98 Å². The molecule has 0 aliphatic carbocycles. The maximum Gasteiger partial charge on any atom is 0.0948 e. The van der Waals surface area contributed by atoms with E-state index in [9.17, 15) is 0 Å². The van der Waals surface area contributed by atoms with E-state index >= 15 is 0 Å². The summed E-state index contributed by atoms with van der Waals surface area (Å²) in [6.07, 6.45) is 2.18. The van der Waals surface area contributed by atoms with Crippen LogP contribution in [0.3, 0.4) is 0 Å². The lowest BCUT2D eigenvalue weighted by molar-refractivity contribution is 0.309. The molecule has 0 fully saturated rings. The highest BCUT2D eigenvalue weighted by Gasteiger charge is 2.19. The van der Waals surface area contributed by atoms with Gasteiger partial charge in [0.15, 0.2) is 0 Å². The van der Waals surface area contributed by atoms with E-state index in [1.807, 2.05) is 6.07 Å². The van der Waals surface area contributed by atoms with Crippen molar-refractivity contribution in [3.05, 3.63) is 40.7 Å². The van der Waals surface area contributed by atoms with Crippen LogP contribution in [-0.2, 0) is 6.42 Å². The number of hydrogen-bond acceptors (Lipinski definition) is 3. The number of rotatable bonds is 6. The summed E-state index contributed by atoms with van der Waals surface area (Å²) in [7, 11) is 0. The van der Waals surface area contributed by atoms with Gasteiger partial charge in [0.2, 0.25) is 0 Å². The second-order valence-corrected chi connectivity index (χ2v) is 7.66. The molecule has 1 aromatic carbocycles. The summed E-state index contributed by atoms with van der Waals surface area (Å²) in [5, 5.41) is 7.00. The Kier molecular flexibility index (Phi) is 5.54. The first kappa shape index (κ1) is 16.2. The van der Waals surface area contributed by atoms with Crippen LogP contribution in [0.5, 0.6) is 0 Å². The molecule has 1 aromatic heterocycles. The molecule has 1 atom stereocenters. The monoisotopic (exact) mass is 302 g/mol. The summed E-state index contributed by atoms with van der Waals surface area (Å²) in [6, 6.07) is 10.9. The molecule has 0 saturated carbocycles. The second kappa shape index (κ2) is 7.19. The number of thiazole rings is 1. The van der Waals surface area contributed by atoms with Crippen molar-refractivity contribution < 1.29 is 0 Å². The second-order valence-electron chi connectivity index (χ2n) is 6.72. The molecular weight excluding hydrogens is 276 g/mol. The molecule has 114 valence electrons. The minimum atomic E-state index is 0.340. The molecule has 0 spiro atoms. The van der Waals surface area contributed by atoms with Gasteiger partial charge >= 0.3 is 0 Å². The Morgan fingerprint density at radius 1 is 1.19 bits per heavy atom. The number of nitrogens with one attached hydrogen (secondary N) is 1. The van der Waals surface area contributed by atoms with Gasteiger partial charge in [-0.3, -0.25) is 0 Å². The van der Waals surface area contributed by atoms with Gasteiger partial charge in [0.05, 0.1) is 10.7 Å². The smallest absolute Gasteiger partial charge is 0.0948 e. The van der Waals surface area contributed by atoms with Crippen LogP contribution in [0.25, 0.3) is 11.3 Å². The fourth-order valence-corrected chi connectivity index (χ4v) is 3.49. The topological polar surface area (TPSA) is 24.9 Å². The van der Waals surface area contributed by atoms with Crippen LogP contribution in [0.1, 0.15) is 39.1 Å². The molecule has 0 aliphatic rings. The zero-order valence-corrected chi connectivity index (χ0v) is 14.3. The summed E-state index contributed by atoms with van der Waals surface area (Å²) in [4.78, 5) is 4.81. The molecule has 2 rings (SSSR count). The highest BCUT2D eigenvalue weighted by molar-refractivity contribution is 7.09. The van der Waals surface area contributed by atoms with E-state index in [1.165, 1.54) is 17.0 Å². The van der Waals surface area contributed by atoms with Gasteiger partial charge in [-0.25, -0.2) is 4.98 Å². The van der Waals surface area contributed by atoms with E-state index in [1.54, 1.807) is 11.3 Å². The summed E-state index contributed by atoms with van der Waals surface area (Å²) >= 11 is 1.77. The summed E-state index contributed by atoms with van der Waals surface area (Å²) < 4.78 is 0. The van der Waals surface area contributed by atoms with Gasteiger partial charge in [-0.1, -0.05) is 58.0 Å². The number of aromatic nitrogens is 1. The average Bonchev–Trinajstić information content (AvgIpc) is 2.87. The summed E-state index contributed by atoms with van der Waals surface area (Å²) in [6.45, 7) is 10.1. The molecule has 3 heteroatoms. The van der Waals surface area contributed by atoms with Crippen LogP contribution in [0.4, 0.5) is 0 Å². The molecule has 0 radical (unpaired) electrons. The maximum atomic E-state index is 4.81. The Morgan fingerprint density at radius 3 is 2.52 bits per heavy atom. The Balaban J connectivity index is 2.06. The van der Waals surface area contributed by atoms with Gasteiger partial charge in [0.1, 0.15) is 0 Å². The Bertz CT molecular complexity index is 540. The van der Waals surface area contributed by atoms with E-state index in [2.05, 4.69) is 62.7 Å². The molecule has 0 saturated heterocycles. The lowest BCUT2D eigenvalue weighted by Crippen LogP contribution is -2.34. The zero-order chi connectivity index (χ0) is 15.3. The number of likely N-dealkylation sites (N-methyl/N-ethyl adjacent to an activating group) is 1. The Morgan fingerprint density at radius 2 is 1.90 bits per heavy atom. The van der Waals surface area contributed by atoms with Crippen molar-refractivity contribution in [1.29, 1.82) is 0 Å². The first-order valence-electron chi connectivity index (χ1n) is 7.71.